The number of rotatable bonds is 5. The van der Waals surface area contributed by atoms with Crippen LogP contribution in [0.1, 0.15) is 28.9 Å². The minimum absolute atomic E-state index is 0.185. The fraction of sp³-hybridized carbons (Fsp3) is 0.286. The summed E-state index contributed by atoms with van der Waals surface area (Å²) in [5.41, 5.74) is 1.77. The molecule has 7 heteroatoms. The smallest absolute Gasteiger partial charge is 0.278 e. The van der Waals surface area contributed by atoms with E-state index in [9.17, 15) is 9.18 Å². The van der Waals surface area contributed by atoms with Crippen molar-refractivity contribution >= 4 is 17.4 Å². The van der Waals surface area contributed by atoms with Crippen LogP contribution in [0.4, 0.5) is 15.9 Å². The van der Waals surface area contributed by atoms with Gasteiger partial charge in [0.2, 0.25) is 0 Å². The van der Waals surface area contributed by atoms with E-state index in [-0.39, 0.29) is 23.1 Å². The van der Waals surface area contributed by atoms with Crippen molar-refractivity contribution < 1.29 is 9.18 Å². The molecular weight excluding hydrogens is 357 g/mol. The summed E-state index contributed by atoms with van der Waals surface area (Å²) in [6.07, 6.45) is 2.94. The second-order valence-electron chi connectivity index (χ2n) is 7.05. The lowest BCUT2D eigenvalue weighted by molar-refractivity contribution is 0.0685. The predicted octanol–water partition coefficient (Wildman–Crippen LogP) is 3.78. The second-order valence-corrected chi connectivity index (χ2v) is 7.05. The van der Waals surface area contributed by atoms with Crippen LogP contribution < -0.4 is 5.32 Å². The lowest BCUT2D eigenvalue weighted by atomic mass is 9.90. The van der Waals surface area contributed by atoms with Crippen molar-refractivity contribution in [2.45, 2.75) is 19.3 Å². The second kappa shape index (κ2) is 8.21. The number of para-hydroxylation sites is 1. The number of hydrogen-bond acceptors (Lipinski definition) is 4. The van der Waals surface area contributed by atoms with E-state index in [0.717, 1.165) is 19.3 Å². The zero-order valence-electron chi connectivity index (χ0n) is 15.4. The highest BCUT2D eigenvalue weighted by Gasteiger charge is 2.27. The van der Waals surface area contributed by atoms with E-state index in [1.165, 1.54) is 11.6 Å². The molecule has 0 radical (unpaired) electrons. The van der Waals surface area contributed by atoms with Gasteiger partial charge >= 0.3 is 0 Å². The van der Waals surface area contributed by atoms with Crippen LogP contribution in [0.3, 0.4) is 0 Å². The van der Waals surface area contributed by atoms with Crippen LogP contribution in [-0.4, -0.2) is 39.3 Å². The number of H-pyrrole nitrogens is 1. The number of nitrogens with one attached hydrogen (secondary N) is 2. The Hall–Kier alpha value is -3.22. The molecule has 0 spiro atoms. The first-order valence-corrected chi connectivity index (χ1v) is 9.46. The molecule has 4 rings (SSSR count). The molecule has 1 aromatic heterocycles. The zero-order valence-corrected chi connectivity index (χ0v) is 15.4. The largest absolute Gasteiger partial charge is 0.337 e. The van der Waals surface area contributed by atoms with Gasteiger partial charge in [-0.05, 0) is 42.9 Å². The highest BCUT2D eigenvalue weighted by atomic mass is 19.1. The van der Waals surface area contributed by atoms with Crippen LogP contribution in [0, 0.1) is 11.7 Å². The first kappa shape index (κ1) is 18.2. The van der Waals surface area contributed by atoms with Crippen molar-refractivity contribution in [2.75, 3.05) is 18.4 Å². The number of carbonyl (C=O) groups excluding carboxylic acids is 1. The molecule has 144 valence electrons. The molecule has 0 unspecified atom stereocenters. The predicted molar refractivity (Wildman–Crippen MR) is 105 cm³/mol. The Balaban J connectivity index is 1.38. The van der Waals surface area contributed by atoms with Gasteiger partial charge in [-0.2, -0.15) is 5.21 Å². The van der Waals surface area contributed by atoms with Crippen LogP contribution in [0.5, 0.6) is 0 Å². The van der Waals surface area contributed by atoms with Crippen LogP contribution in [-0.2, 0) is 6.42 Å². The van der Waals surface area contributed by atoms with E-state index in [0.29, 0.717) is 19.0 Å². The molecule has 0 bridgehead atoms. The molecule has 1 amide bonds. The molecule has 28 heavy (non-hydrogen) atoms. The number of anilines is 2. The van der Waals surface area contributed by atoms with Crippen LogP contribution >= 0.6 is 0 Å². The Labute approximate surface area is 162 Å². The van der Waals surface area contributed by atoms with Crippen LogP contribution in [0.2, 0.25) is 0 Å². The van der Waals surface area contributed by atoms with Crippen molar-refractivity contribution in [3.05, 3.63) is 71.7 Å². The number of aromatic amines is 1. The minimum atomic E-state index is -0.411. The fourth-order valence-electron chi connectivity index (χ4n) is 3.59. The number of piperidine rings is 1. The number of aromatic nitrogens is 3. The summed E-state index contributed by atoms with van der Waals surface area (Å²) in [6.45, 7) is 1.37. The molecule has 1 saturated heterocycles. The number of hydrogen-bond donors (Lipinski definition) is 2. The molecule has 1 aliphatic heterocycles. The molecule has 2 heterocycles. The van der Waals surface area contributed by atoms with Crippen LogP contribution in [0.25, 0.3) is 0 Å². The first-order valence-electron chi connectivity index (χ1n) is 9.46. The molecular formula is C21H22FN5O. The van der Waals surface area contributed by atoms with Crippen molar-refractivity contribution in [3.8, 4) is 0 Å². The maximum Gasteiger partial charge on any atom is 0.278 e. The van der Waals surface area contributed by atoms with E-state index in [4.69, 9.17) is 0 Å². The standard InChI is InChI=1S/C21H22FN5O/c22-17-8-4-5-9-18(17)23-20-19(24-26-25-20)21(28)27-12-10-16(11-13-27)14-15-6-2-1-3-7-15/h1-9,16H,10-14H2,(H2,23,24,25,26). The summed E-state index contributed by atoms with van der Waals surface area (Å²) in [5, 5.41) is 13.3. The third kappa shape index (κ3) is 4.03. The van der Waals surface area contributed by atoms with Gasteiger partial charge in [-0.3, -0.25) is 4.79 Å². The quantitative estimate of drug-likeness (QED) is 0.707. The van der Waals surface area contributed by atoms with E-state index < -0.39 is 5.82 Å². The number of carbonyl (C=O) groups is 1. The van der Waals surface area contributed by atoms with Gasteiger partial charge in [0.1, 0.15) is 5.82 Å². The van der Waals surface area contributed by atoms with Crippen molar-refractivity contribution in [2.24, 2.45) is 5.92 Å². The van der Waals surface area contributed by atoms with Crippen molar-refractivity contribution in [3.63, 3.8) is 0 Å². The molecule has 1 fully saturated rings. The van der Waals surface area contributed by atoms with Gasteiger partial charge in [-0.25, -0.2) is 4.39 Å². The monoisotopic (exact) mass is 379 g/mol. The average molecular weight is 379 g/mol. The molecule has 0 aliphatic carbocycles. The van der Waals surface area contributed by atoms with Gasteiger partial charge in [-0.15, -0.1) is 10.2 Å². The molecule has 6 nitrogen and oxygen atoms in total. The fourth-order valence-corrected chi connectivity index (χ4v) is 3.59. The summed E-state index contributed by atoms with van der Waals surface area (Å²) in [5.74, 6) is 0.206. The van der Waals surface area contributed by atoms with E-state index in [2.05, 4.69) is 45.0 Å². The molecule has 3 aromatic rings. The molecule has 0 saturated carbocycles. The maximum atomic E-state index is 13.9. The van der Waals surface area contributed by atoms with E-state index >= 15 is 0 Å². The van der Waals surface area contributed by atoms with Gasteiger partial charge in [0, 0.05) is 13.1 Å². The van der Waals surface area contributed by atoms with Crippen molar-refractivity contribution in [1.82, 2.24) is 20.3 Å². The van der Waals surface area contributed by atoms with Gasteiger partial charge in [0.25, 0.3) is 5.91 Å². The van der Waals surface area contributed by atoms with Crippen LogP contribution in [0.15, 0.2) is 54.6 Å². The van der Waals surface area contributed by atoms with Crippen molar-refractivity contribution in [1.29, 1.82) is 0 Å². The van der Waals surface area contributed by atoms with Gasteiger partial charge in [-0.1, -0.05) is 42.5 Å². The average Bonchev–Trinajstić information content (AvgIpc) is 3.19. The Kier molecular flexibility index (Phi) is 5.32. The number of amides is 1. The summed E-state index contributed by atoms with van der Waals surface area (Å²) in [6, 6.07) is 16.7. The summed E-state index contributed by atoms with van der Waals surface area (Å²) in [4.78, 5) is 14.7. The topological polar surface area (TPSA) is 73.9 Å². The van der Waals surface area contributed by atoms with Gasteiger partial charge in [0.05, 0.1) is 5.69 Å². The van der Waals surface area contributed by atoms with E-state index in [1.54, 1.807) is 23.1 Å². The first-order chi connectivity index (χ1) is 13.7. The summed E-state index contributed by atoms with van der Waals surface area (Å²) >= 11 is 0. The SMILES string of the molecule is O=C(c1n[nH]nc1Nc1ccccc1F)N1CCC(Cc2ccccc2)CC1. The Bertz CT molecular complexity index is 935. The Morgan fingerprint density at radius 1 is 1.07 bits per heavy atom. The third-order valence-corrected chi connectivity index (χ3v) is 5.15. The summed E-state index contributed by atoms with van der Waals surface area (Å²) < 4.78 is 13.9. The van der Waals surface area contributed by atoms with Gasteiger partial charge in [0.15, 0.2) is 11.5 Å². The molecule has 0 atom stereocenters. The van der Waals surface area contributed by atoms with E-state index in [1.807, 2.05) is 6.07 Å². The maximum absolute atomic E-state index is 13.9. The molecule has 2 aromatic carbocycles. The summed E-state index contributed by atoms with van der Waals surface area (Å²) in [7, 11) is 0. The lowest BCUT2D eigenvalue weighted by Crippen LogP contribution is -2.39. The lowest BCUT2D eigenvalue weighted by Gasteiger charge is -2.31. The van der Waals surface area contributed by atoms with Gasteiger partial charge < -0.3 is 10.2 Å². The Morgan fingerprint density at radius 2 is 1.79 bits per heavy atom. The zero-order chi connectivity index (χ0) is 19.3. The number of nitrogens with zero attached hydrogens (tertiary/aromatic N) is 3. The number of benzene rings is 2. The number of likely N-dealkylation sites (tertiary alicyclic amines) is 1. The highest BCUT2D eigenvalue weighted by molar-refractivity contribution is 5.97. The Morgan fingerprint density at radius 3 is 2.54 bits per heavy atom. The molecule has 2 N–H and O–H groups in total. The third-order valence-electron chi connectivity index (χ3n) is 5.15. The molecule has 1 aliphatic rings. The minimum Gasteiger partial charge on any atom is -0.337 e. The number of halogens is 1. The normalized spacial score (nSPS) is 14.8. The highest BCUT2D eigenvalue weighted by Crippen LogP contribution is 2.25.